The minimum atomic E-state index is -0.503. The molecule has 0 spiro atoms. The molecule has 0 saturated heterocycles. The lowest BCUT2D eigenvalue weighted by atomic mass is 10.2. The van der Waals surface area contributed by atoms with Gasteiger partial charge < -0.3 is 4.74 Å². The topological polar surface area (TPSA) is 55.4 Å². The van der Waals surface area contributed by atoms with Gasteiger partial charge in [-0.25, -0.2) is 4.79 Å². The van der Waals surface area contributed by atoms with Crippen LogP contribution in [0, 0.1) is 5.92 Å². The van der Waals surface area contributed by atoms with Crippen molar-refractivity contribution in [1.82, 2.24) is 0 Å². The molecule has 16 heavy (non-hydrogen) atoms. The summed E-state index contributed by atoms with van der Waals surface area (Å²) in [5.74, 6) is 0.298. The maximum atomic E-state index is 11.3. The van der Waals surface area contributed by atoms with Crippen molar-refractivity contribution in [2.45, 2.75) is 13.8 Å². The van der Waals surface area contributed by atoms with Gasteiger partial charge >= 0.3 is 6.09 Å². The van der Waals surface area contributed by atoms with Gasteiger partial charge in [-0.3, -0.25) is 10.1 Å². The third kappa shape index (κ3) is 4.13. The summed E-state index contributed by atoms with van der Waals surface area (Å²) < 4.78 is 4.94. The third-order valence-electron chi connectivity index (χ3n) is 1.82. The maximum absolute atomic E-state index is 11.3. The summed E-state index contributed by atoms with van der Waals surface area (Å²) in [6.45, 7) is 4.29. The Morgan fingerprint density at radius 1 is 1.50 bits per heavy atom. The van der Waals surface area contributed by atoms with Crippen molar-refractivity contribution >= 4 is 18.1 Å². The van der Waals surface area contributed by atoms with Crippen LogP contribution in [0.3, 0.4) is 0 Å². The second kappa shape index (κ2) is 5.90. The van der Waals surface area contributed by atoms with Crippen molar-refractivity contribution in [1.29, 1.82) is 0 Å². The Kier molecular flexibility index (Phi) is 4.51. The molecule has 0 unspecified atom stereocenters. The molecule has 1 amide bonds. The van der Waals surface area contributed by atoms with Gasteiger partial charge in [-0.05, 0) is 18.1 Å². The van der Waals surface area contributed by atoms with Crippen molar-refractivity contribution in [3.8, 4) is 0 Å². The number of nitrogens with one attached hydrogen (secondary N) is 1. The highest BCUT2D eigenvalue weighted by atomic mass is 16.5. The number of amides is 1. The van der Waals surface area contributed by atoms with Gasteiger partial charge in [-0.15, -0.1) is 0 Å². The summed E-state index contributed by atoms with van der Waals surface area (Å²) in [7, 11) is 0. The van der Waals surface area contributed by atoms with E-state index in [9.17, 15) is 9.59 Å². The average Bonchev–Trinajstić information content (AvgIpc) is 2.26. The Morgan fingerprint density at radius 2 is 2.25 bits per heavy atom. The number of benzene rings is 1. The Bertz CT molecular complexity index is 374. The van der Waals surface area contributed by atoms with Crippen LogP contribution in [-0.4, -0.2) is 19.0 Å². The number of carbonyl (C=O) groups excluding carboxylic acids is 2. The summed E-state index contributed by atoms with van der Waals surface area (Å²) in [5.41, 5.74) is 1.07. The van der Waals surface area contributed by atoms with Crippen molar-refractivity contribution in [3.05, 3.63) is 29.8 Å². The lowest BCUT2D eigenvalue weighted by Crippen LogP contribution is -2.16. The second-order valence-corrected chi connectivity index (χ2v) is 3.86. The van der Waals surface area contributed by atoms with E-state index in [0.717, 1.165) is 6.29 Å². The molecule has 86 valence electrons. The van der Waals surface area contributed by atoms with Crippen molar-refractivity contribution < 1.29 is 14.3 Å². The van der Waals surface area contributed by atoms with Crippen LogP contribution in [0.25, 0.3) is 0 Å². The number of hydrogen-bond acceptors (Lipinski definition) is 3. The molecule has 1 rings (SSSR count). The van der Waals surface area contributed by atoms with Gasteiger partial charge in [0.25, 0.3) is 0 Å². The van der Waals surface area contributed by atoms with Crippen LogP contribution in [0.4, 0.5) is 10.5 Å². The van der Waals surface area contributed by atoms with Crippen molar-refractivity contribution in [2.24, 2.45) is 5.92 Å². The number of rotatable bonds is 4. The quantitative estimate of drug-likeness (QED) is 0.795. The Labute approximate surface area is 94.6 Å². The van der Waals surface area contributed by atoms with E-state index in [1.807, 2.05) is 13.8 Å². The fourth-order valence-electron chi connectivity index (χ4n) is 1.09. The summed E-state index contributed by atoms with van der Waals surface area (Å²) >= 11 is 0. The first kappa shape index (κ1) is 12.2. The van der Waals surface area contributed by atoms with E-state index in [1.54, 1.807) is 24.3 Å². The summed E-state index contributed by atoms with van der Waals surface area (Å²) in [6.07, 6.45) is 0.224. The second-order valence-electron chi connectivity index (χ2n) is 3.86. The van der Waals surface area contributed by atoms with Crippen LogP contribution >= 0.6 is 0 Å². The first-order valence-electron chi connectivity index (χ1n) is 5.11. The normalized spacial score (nSPS) is 9.94. The minimum Gasteiger partial charge on any atom is -0.449 e. The largest absolute Gasteiger partial charge is 0.449 e. The van der Waals surface area contributed by atoms with Crippen molar-refractivity contribution in [2.75, 3.05) is 11.9 Å². The van der Waals surface area contributed by atoms with E-state index >= 15 is 0 Å². The van der Waals surface area contributed by atoms with Gasteiger partial charge in [0.2, 0.25) is 0 Å². The molecule has 0 heterocycles. The highest BCUT2D eigenvalue weighted by molar-refractivity contribution is 5.86. The van der Waals surface area contributed by atoms with E-state index < -0.39 is 6.09 Å². The van der Waals surface area contributed by atoms with Crippen LogP contribution < -0.4 is 5.32 Å². The standard InChI is InChI=1S/C12H15NO3/c1-9(2)8-16-12(15)13-11-5-3-4-10(6-11)7-14/h3-7,9H,8H2,1-2H3,(H,13,15). The van der Waals surface area contributed by atoms with Gasteiger partial charge in [0, 0.05) is 11.3 Å². The molecular weight excluding hydrogens is 206 g/mol. The molecule has 0 fully saturated rings. The molecule has 0 bridgehead atoms. The van der Waals surface area contributed by atoms with Gasteiger partial charge in [0.05, 0.1) is 6.61 Å². The highest BCUT2D eigenvalue weighted by Gasteiger charge is 2.04. The average molecular weight is 221 g/mol. The van der Waals surface area contributed by atoms with Crippen LogP contribution in [0.15, 0.2) is 24.3 Å². The van der Waals surface area contributed by atoms with Gasteiger partial charge in [-0.2, -0.15) is 0 Å². The number of anilines is 1. The molecule has 0 aliphatic rings. The van der Waals surface area contributed by atoms with Crippen LogP contribution in [0.1, 0.15) is 24.2 Å². The van der Waals surface area contributed by atoms with Crippen LogP contribution in [0.2, 0.25) is 0 Å². The molecule has 1 aromatic rings. The molecular formula is C12H15NO3. The van der Waals surface area contributed by atoms with Gasteiger partial charge in [0.1, 0.15) is 6.29 Å². The smallest absolute Gasteiger partial charge is 0.411 e. The number of hydrogen-bond donors (Lipinski definition) is 1. The van der Waals surface area contributed by atoms with E-state index in [1.165, 1.54) is 0 Å². The van der Waals surface area contributed by atoms with Crippen LogP contribution in [0.5, 0.6) is 0 Å². The van der Waals surface area contributed by atoms with E-state index in [-0.39, 0.29) is 0 Å². The molecule has 0 aliphatic heterocycles. The Morgan fingerprint density at radius 3 is 2.88 bits per heavy atom. The molecule has 0 radical (unpaired) electrons. The highest BCUT2D eigenvalue weighted by Crippen LogP contribution is 2.09. The zero-order valence-corrected chi connectivity index (χ0v) is 9.40. The summed E-state index contributed by atoms with van der Waals surface area (Å²) in [6, 6.07) is 6.65. The Hall–Kier alpha value is -1.84. The van der Waals surface area contributed by atoms with Crippen molar-refractivity contribution in [3.63, 3.8) is 0 Å². The number of ether oxygens (including phenoxy) is 1. The van der Waals surface area contributed by atoms with E-state index in [0.29, 0.717) is 23.8 Å². The minimum absolute atomic E-state index is 0.298. The molecule has 4 heteroatoms. The van der Waals surface area contributed by atoms with Crippen LogP contribution in [-0.2, 0) is 4.74 Å². The fraction of sp³-hybridized carbons (Fsp3) is 0.333. The molecule has 0 saturated carbocycles. The molecule has 0 aromatic heterocycles. The molecule has 0 aliphatic carbocycles. The number of carbonyl (C=O) groups is 2. The number of aldehydes is 1. The summed E-state index contributed by atoms with van der Waals surface area (Å²) in [5, 5.41) is 2.55. The molecule has 4 nitrogen and oxygen atoms in total. The third-order valence-corrected chi connectivity index (χ3v) is 1.82. The molecule has 0 atom stereocenters. The predicted octanol–water partition coefficient (Wildman–Crippen LogP) is 2.70. The molecule has 1 aromatic carbocycles. The fourth-order valence-corrected chi connectivity index (χ4v) is 1.09. The van der Waals surface area contributed by atoms with Gasteiger partial charge in [0.15, 0.2) is 0 Å². The monoisotopic (exact) mass is 221 g/mol. The zero-order valence-electron chi connectivity index (χ0n) is 9.40. The first-order valence-corrected chi connectivity index (χ1v) is 5.11. The summed E-state index contributed by atoms with van der Waals surface area (Å²) in [4.78, 5) is 21.8. The van der Waals surface area contributed by atoms with E-state index in [4.69, 9.17) is 4.74 Å². The lowest BCUT2D eigenvalue weighted by Gasteiger charge is -2.08. The maximum Gasteiger partial charge on any atom is 0.411 e. The van der Waals surface area contributed by atoms with E-state index in [2.05, 4.69) is 5.32 Å². The zero-order chi connectivity index (χ0) is 12.0. The predicted molar refractivity (Wildman–Crippen MR) is 61.6 cm³/mol. The first-order chi connectivity index (χ1) is 7.61. The SMILES string of the molecule is CC(C)COC(=O)Nc1cccc(C=O)c1. The molecule has 1 N–H and O–H groups in total. The lowest BCUT2D eigenvalue weighted by molar-refractivity contribution is 0.112. The Balaban J connectivity index is 2.52. The van der Waals surface area contributed by atoms with Gasteiger partial charge in [-0.1, -0.05) is 26.0 Å².